The van der Waals surface area contributed by atoms with Crippen molar-refractivity contribution >= 4 is 22.5 Å². The summed E-state index contributed by atoms with van der Waals surface area (Å²) in [5.74, 6) is 0.485. The quantitative estimate of drug-likeness (QED) is 0.568. The van der Waals surface area contributed by atoms with E-state index in [2.05, 4.69) is 34.3 Å². The van der Waals surface area contributed by atoms with Crippen LogP contribution in [0.25, 0.3) is 22.4 Å². The molecule has 0 aromatic carbocycles. The van der Waals surface area contributed by atoms with Crippen molar-refractivity contribution < 1.29 is 4.79 Å². The number of rotatable bonds is 4. The number of aryl methyl sites for hydroxylation is 2. The van der Waals surface area contributed by atoms with Crippen molar-refractivity contribution in [1.82, 2.24) is 34.3 Å². The number of nitrogens with one attached hydrogen (secondary N) is 1. The Balaban J connectivity index is 2.13. The molecule has 0 bridgehead atoms. The zero-order valence-corrected chi connectivity index (χ0v) is 17.1. The third-order valence-electron chi connectivity index (χ3n) is 4.89. The normalized spacial score (nSPS) is 11.7. The first-order valence-electron chi connectivity index (χ1n) is 9.46. The van der Waals surface area contributed by atoms with Crippen molar-refractivity contribution in [2.75, 3.05) is 7.05 Å². The Morgan fingerprint density at radius 3 is 2.69 bits per heavy atom. The highest BCUT2D eigenvalue weighted by Gasteiger charge is 2.21. The van der Waals surface area contributed by atoms with Gasteiger partial charge in [0, 0.05) is 31.4 Å². The highest BCUT2D eigenvalue weighted by molar-refractivity contribution is 5.93. The van der Waals surface area contributed by atoms with Crippen LogP contribution in [-0.2, 0) is 13.5 Å². The lowest BCUT2D eigenvalue weighted by atomic mass is 10.1. The van der Waals surface area contributed by atoms with E-state index in [1.54, 1.807) is 47.7 Å². The van der Waals surface area contributed by atoms with Crippen molar-refractivity contribution in [3.63, 3.8) is 0 Å². The second kappa shape index (κ2) is 6.84. The lowest BCUT2D eigenvalue weighted by molar-refractivity contribution is 0.0954. The molecule has 4 heterocycles. The summed E-state index contributed by atoms with van der Waals surface area (Å²) in [6.07, 6.45) is 4.21. The van der Waals surface area contributed by atoms with Crippen LogP contribution >= 0.6 is 0 Å². The third-order valence-corrected chi connectivity index (χ3v) is 4.89. The van der Waals surface area contributed by atoms with E-state index in [4.69, 9.17) is 0 Å². The van der Waals surface area contributed by atoms with Crippen LogP contribution in [0.3, 0.4) is 0 Å². The first kappa shape index (κ1) is 18.9. The lowest BCUT2D eigenvalue weighted by Crippen LogP contribution is -2.23. The second-order valence-electron chi connectivity index (χ2n) is 7.58. The van der Waals surface area contributed by atoms with Crippen LogP contribution in [0, 0.1) is 12.8 Å². The molecule has 0 aliphatic rings. The van der Waals surface area contributed by atoms with E-state index in [1.807, 2.05) is 6.92 Å². The van der Waals surface area contributed by atoms with Gasteiger partial charge in [0.15, 0.2) is 5.82 Å². The predicted octanol–water partition coefficient (Wildman–Crippen LogP) is 1.63. The monoisotopic (exact) mass is 393 g/mol. The van der Waals surface area contributed by atoms with Gasteiger partial charge in [0.05, 0.1) is 23.3 Å². The van der Waals surface area contributed by atoms with E-state index < -0.39 is 0 Å². The van der Waals surface area contributed by atoms with Gasteiger partial charge < -0.3 is 5.32 Å². The molecule has 0 aliphatic heterocycles. The Bertz CT molecular complexity index is 1310. The van der Waals surface area contributed by atoms with Crippen molar-refractivity contribution in [3.05, 3.63) is 51.8 Å². The number of carbonyl (C=O) groups excluding carboxylic acids is 1. The van der Waals surface area contributed by atoms with Gasteiger partial charge in [0.2, 0.25) is 0 Å². The number of hydrogen-bond acceptors (Lipinski definition) is 5. The van der Waals surface area contributed by atoms with E-state index >= 15 is 0 Å². The lowest BCUT2D eigenvalue weighted by Gasteiger charge is -2.11. The summed E-state index contributed by atoms with van der Waals surface area (Å²) < 4.78 is 4.74. The number of pyridine rings is 1. The van der Waals surface area contributed by atoms with Crippen LogP contribution in [0.5, 0.6) is 0 Å². The Morgan fingerprint density at radius 1 is 1.24 bits per heavy atom. The molecule has 9 heteroatoms. The van der Waals surface area contributed by atoms with E-state index in [0.29, 0.717) is 34.0 Å². The standard InChI is InChI=1S/C20H23N7O2/c1-11(2)6-13-9-23-27-16-10-22-12(3)7-14(16)20(29)26(19(13)27)17-8-15(18(28)21-4)25(5)24-17/h7-11H,6H2,1-5H3,(H,21,28). The molecule has 0 unspecified atom stereocenters. The summed E-state index contributed by atoms with van der Waals surface area (Å²) in [7, 11) is 3.24. The number of nitrogens with zero attached hydrogens (tertiary/aromatic N) is 6. The summed E-state index contributed by atoms with van der Waals surface area (Å²) in [5, 5.41) is 12.1. The molecule has 0 saturated carbocycles. The summed E-state index contributed by atoms with van der Waals surface area (Å²) in [6.45, 7) is 6.07. The Labute approximate surface area is 167 Å². The van der Waals surface area contributed by atoms with Crippen molar-refractivity contribution in [2.24, 2.45) is 13.0 Å². The molecule has 0 atom stereocenters. The Hall–Kier alpha value is -3.49. The molecule has 29 heavy (non-hydrogen) atoms. The molecule has 1 N–H and O–H groups in total. The molecule has 150 valence electrons. The molecule has 0 spiro atoms. The van der Waals surface area contributed by atoms with Crippen LogP contribution in [0.2, 0.25) is 0 Å². The van der Waals surface area contributed by atoms with Gasteiger partial charge in [0.25, 0.3) is 11.5 Å². The summed E-state index contributed by atoms with van der Waals surface area (Å²) in [5.41, 5.74) is 3.11. The summed E-state index contributed by atoms with van der Waals surface area (Å²) >= 11 is 0. The van der Waals surface area contributed by atoms with Crippen molar-refractivity contribution in [1.29, 1.82) is 0 Å². The van der Waals surface area contributed by atoms with Gasteiger partial charge in [-0.2, -0.15) is 10.2 Å². The summed E-state index contributed by atoms with van der Waals surface area (Å²) in [4.78, 5) is 30.0. The zero-order chi connectivity index (χ0) is 20.9. The third kappa shape index (κ3) is 2.98. The fraction of sp³-hybridized carbons (Fsp3) is 0.350. The molecule has 4 aromatic heterocycles. The fourth-order valence-electron chi connectivity index (χ4n) is 3.60. The SMILES string of the molecule is CNC(=O)c1cc(-n2c(=O)c3cc(C)ncc3n3ncc(CC(C)C)c23)nn1C. The first-order chi connectivity index (χ1) is 13.8. The maximum Gasteiger partial charge on any atom is 0.269 e. The maximum absolute atomic E-state index is 13.5. The minimum Gasteiger partial charge on any atom is -0.354 e. The fourth-order valence-corrected chi connectivity index (χ4v) is 3.60. The summed E-state index contributed by atoms with van der Waals surface area (Å²) in [6, 6.07) is 3.37. The van der Waals surface area contributed by atoms with Crippen LogP contribution < -0.4 is 10.9 Å². The highest BCUT2D eigenvalue weighted by Crippen LogP contribution is 2.22. The van der Waals surface area contributed by atoms with E-state index in [0.717, 1.165) is 17.7 Å². The first-order valence-corrected chi connectivity index (χ1v) is 9.46. The molecule has 1 amide bonds. The number of fused-ring (bicyclic) bond motifs is 3. The molecule has 0 aliphatic carbocycles. The smallest absolute Gasteiger partial charge is 0.269 e. The van der Waals surface area contributed by atoms with Gasteiger partial charge in [-0.15, -0.1) is 0 Å². The number of amides is 1. The molecule has 0 radical (unpaired) electrons. The second-order valence-corrected chi connectivity index (χ2v) is 7.58. The molecule has 0 saturated heterocycles. The average Bonchev–Trinajstić information content (AvgIpc) is 3.25. The van der Waals surface area contributed by atoms with Crippen LogP contribution in [0.1, 0.15) is 35.6 Å². The zero-order valence-electron chi connectivity index (χ0n) is 17.1. The molecule has 4 aromatic rings. The highest BCUT2D eigenvalue weighted by atomic mass is 16.2. The van der Waals surface area contributed by atoms with Gasteiger partial charge in [-0.25, -0.2) is 9.08 Å². The van der Waals surface area contributed by atoms with E-state index in [9.17, 15) is 9.59 Å². The van der Waals surface area contributed by atoms with Crippen LogP contribution in [0.15, 0.2) is 29.3 Å². The molecular formula is C20H23N7O2. The van der Waals surface area contributed by atoms with Gasteiger partial charge in [-0.3, -0.25) is 19.3 Å². The maximum atomic E-state index is 13.5. The molecule has 4 rings (SSSR count). The predicted molar refractivity (Wildman–Crippen MR) is 110 cm³/mol. The van der Waals surface area contributed by atoms with Gasteiger partial charge >= 0.3 is 0 Å². The van der Waals surface area contributed by atoms with Gasteiger partial charge in [-0.05, 0) is 25.3 Å². The number of aromatic nitrogens is 6. The van der Waals surface area contributed by atoms with Crippen LogP contribution in [0.4, 0.5) is 0 Å². The topological polar surface area (TPSA) is 99.1 Å². The Kier molecular flexibility index (Phi) is 4.45. The average molecular weight is 393 g/mol. The number of carbonyl (C=O) groups is 1. The molecule has 9 nitrogen and oxygen atoms in total. The Morgan fingerprint density at radius 2 is 2.00 bits per heavy atom. The van der Waals surface area contributed by atoms with Gasteiger partial charge in [-0.1, -0.05) is 13.8 Å². The number of hydrogen-bond donors (Lipinski definition) is 1. The molecular weight excluding hydrogens is 370 g/mol. The molecule has 0 fully saturated rings. The van der Waals surface area contributed by atoms with Gasteiger partial charge in [0.1, 0.15) is 11.3 Å². The minimum absolute atomic E-state index is 0.218. The minimum atomic E-state index is -0.271. The van der Waals surface area contributed by atoms with Crippen molar-refractivity contribution in [2.45, 2.75) is 27.2 Å². The van der Waals surface area contributed by atoms with E-state index in [-0.39, 0.29) is 11.5 Å². The van der Waals surface area contributed by atoms with E-state index in [1.165, 1.54) is 4.68 Å². The largest absolute Gasteiger partial charge is 0.354 e. The van der Waals surface area contributed by atoms with Crippen molar-refractivity contribution in [3.8, 4) is 5.82 Å². The van der Waals surface area contributed by atoms with Crippen LogP contribution in [-0.4, -0.2) is 41.9 Å².